The summed E-state index contributed by atoms with van der Waals surface area (Å²) in [6.07, 6.45) is 0.958. The number of aryl methyl sites for hydroxylation is 1. The van der Waals surface area contributed by atoms with E-state index in [4.69, 9.17) is 15.6 Å². The van der Waals surface area contributed by atoms with E-state index in [0.717, 1.165) is 0 Å². The Bertz CT molecular complexity index is 1290. The van der Waals surface area contributed by atoms with Gasteiger partial charge in [-0.05, 0) is 25.1 Å². The fourth-order valence-corrected chi connectivity index (χ4v) is 3.08. The molecule has 11 nitrogen and oxygen atoms in total. The number of hydrogen-bond donors (Lipinski definition) is 3. The molecule has 0 aliphatic rings. The number of nitrogens with two attached hydrogens (primary N) is 1. The number of methoxy groups -OCH3 is 1. The van der Waals surface area contributed by atoms with Gasteiger partial charge in [-0.25, -0.2) is 28.8 Å². The molecule has 0 bridgehead atoms. The second kappa shape index (κ2) is 10.1. The summed E-state index contributed by atoms with van der Waals surface area (Å²) in [6, 6.07) is 10.1. The molecule has 4 rings (SSSR count). The van der Waals surface area contributed by atoms with Gasteiger partial charge in [0.15, 0.2) is 17.3 Å². The van der Waals surface area contributed by atoms with Crippen molar-refractivity contribution in [2.24, 2.45) is 0 Å². The number of carbonyl (C=O) groups excluding carboxylic acids is 1. The minimum absolute atomic E-state index is 0.0728. The molecule has 12 heteroatoms. The molecule has 0 spiro atoms. The largest absolute Gasteiger partial charge is 0.483 e. The van der Waals surface area contributed by atoms with E-state index in [1.165, 1.54) is 13.2 Å². The highest BCUT2D eigenvalue weighted by atomic mass is 19.1. The lowest BCUT2D eigenvalue weighted by Gasteiger charge is -2.10. The van der Waals surface area contributed by atoms with Crippen molar-refractivity contribution in [3.8, 4) is 11.5 Å². The van der Waals surface area contributed by atoms with E-state index in [1.807, 2.05) is 6.07 Å². The number of nitrogens with one attached hydrogen (secondary N) is 1. The van der Waals surface area contributed by atoms with E-state index in [2.05, 4.69) is 30.1 Å². The summed E-state index contributed by atoms with van der Waals surface area (Å²) in [7, 11) is 1.25. The molecule has 3 heterocycles. The second-order valence-electron chi connectivity index (χ2n) is 6.59. The molecule has 4 aromatic rings. The van der Waals surface area contributed by atoms with E-state index in [0.29, 0.717) is 28.0 Å². The Morgan fingerprint density at radius 2 is 2.00 bits per heavy atom. The van der Waals surface area contributed by atoms with E-state index >= 15 is 0 Å². The van der Waals surface area contributed by atoms with Gasteiger partial charge in [0.1, 0.15) is 17.2 Å². The fraction of sp³-hybridized carbons (Fsp3) is 0.143. The number of amides is 1. The zero-order chi connectivity index (χ0) is 24.0. The highest BCUT2D eigenvalue weighted by Crippen LogP contribution is 2.29. The van der Waals surface area contributed by atoms with Gasteiger partial charge >= 0.3 is 6.09 Å². The monoisotopic (exact) mass is 453 g/mol. The van der Waals surface area contributed by atoms with Gasteiger partial charge in [-0.15, -0.1) is 0 Å². The number of anilines is 2. The van der Waals surface area contributed by atoms with Crippen molar-refractivity contribution in [3.05, 3.63) is 59.7 Å². The molecule has 3 aromatic heterocycles. The molecule has 0 atom stereocenters. The van der Waals surface area contributed by atoms with Crippen LogP contribution in [-0.2, 0) is 16.1 Å². The first kappa shape index (κ1) is 23.1. The van der Waals surface area contributed by atoms with Gasteiger partial charge in [-0.2, -0.15) is 5.10 Å². The van der Waals surface area contributed by atoms with Gasteiger partial charge in [0.05, 0.1) is 24.7 Å². The van der Waals surface area contributed by atoms with Crippen molar-refractivity contribution in [3.63, 3.8) is 0 Å². The predicted octanol–water partition coefficient (Wildman–Crippen LogP) is 2.85. The van der Waals surface area contributed by atoms with E-state index < -0.39 is 6.09 Å². The molecule has 33 heavy (non-hydrogen) atoms. The molecule has 0 aliphatic carbocycles. The molecule has 0 aliphatic heterocycles. The van der Waals surface area contributed by atoms with Gasteiger partial charge in [0.25, 0.3) is 6.47 Å². The van der Waals surface area contributed by atoms with Crippen LogP contribution in [0.25, 0.3) is 22.6 Å². The van der Waals surface area contributed by atoms with E-state index in [1.54, 1.807) is 42.1 Å². The Kier molecular flexibility index (Phi) is 7.08. The van der Waals surface area contributed by atoms with Crippen LogP contribution in [0.2, 0.25) is 0 Å². The van der Waals surface area contributed by atoms with Crippen LogP contribution in [0.1, 0.15) is 11.3 Å². The summed E-state index contributed by atoms with van der Waals surface area (Å²) in [5.41, 5.74) is 8.24. The van der Waals surface area contributed by atoms with Gasteiger partial charge < -0.3 is 15.6 Å². The zero-order valence-electron chi connectivity index (χ0n) is 17.7. The van der Waals surface area contributed by atoms with Crippen LogP contribution in [-0.4, -0.2) is 49.5 Å². The predicted molar refractivity (Wildman–Crippen MR) is 118 cm³/mol. The second-order valence-corrected chi connectivity index (χ2v) is 6.59. The minimum Gasteiger partial charge on any atom is -0.483 e. The number of rotatable bonds is 4. The number of benzene rings is 1. The smallest absolute Gasteiger partial charge is 0.411 e. The third kappa shape index (κ3) is 5.01. The first-order valence-corrected chi connectivity index (χ1v) is 9.51. The molecule has 1 aromatic carbocycles. The van der Waals surface area contributed by atoms with Crippen LogP contribution in [0.3, 0.4) is 0 Å². The summed E-state index contributed by atoms with van der Waals surface area (Å²) in [5.74, 6) is 0.0162. The Hall–Kier alpha value is -4.61. The van der Waals surface area contributed by atoms with Crippen molar-refractivity contribution in [2.45, 2.75) is 13.5 Å². The number of halogens is 1. The van der Waals surface area contributed by atoms with Crippen LogP contribution in [0.15, 0.2) is 42.6 Å². The van der Waals surface area contributed by atoms with Crippen molar-refractivity contribution in [1.82, 2.24) is 24.7 Å². The van der Waals surface area contributed by atoms with E-state index in [-0.39, 0.29) is 36.2 Å². The number of carboxylic acid groups (broad SMARTS) is 1. The molecular formula is C21H20FN7O4. The van der Waals surface area contributed by atoms with Gasteiger partial charge in [0.2, 0.25) is 0 Å². The van der Waals surface area contributed by atoms with Crippen LogP contribution in [0, 0.1) is 12.7 Å². The number of nitrogen functional groups attached to an aromatic ring is 1. The number of carbonyl (C=O) groups is 2. The number of pyridine rings is 1. The number of fused-ring (bicyclic) bond motifs is 1. The maximum Gasteiger partial charge on any atom is 0.411 e. The summed E-state index contributed by atoms with van der Waals surface area (Å²) in [5, 5.41) is 14.7. The highest BCUT2D eigenvalue weighted by Gasteiger charge is 2.19. The Balaban J connectivity index is 0.000000968. The van der Waals surface area contributed by atoms with Crippen molar-refractivity contribution < 1.29 is 23.8 Å². The summed E-state index contributed by atoms with van der Waals surface area (Å²) in [6.45, 7) is 1.63. The summed E-state index contributed by atoms with van der Waals surface area (Å²) < 4.78 is 20.3. The normalized spacial score (nSPS) is 10.3. The topological polar surface area (TPSA) is 158 Å². The molecule has 4 N–H and O–H groups in total. The third-order valence-electron chi connectivity index (χ3n) is 4.53. The van der Waals surface area contributed by atoms with Crippen molar-refractivity contribution >= 4 is 35.1 Å². The molecule has 1 amide bonds. The van der Waals surface area contributed by atoms with Crippen LogP contribution in [0.4, 0.5) is 20.7 Å². The quantitative estimate of drug-likeness (QED) is 0.395. The molecule has 0 saturated heterocycles. The molecular weight excluding hydrogens is 433 g/mol. The van der Waals surface area contributed by atoms with Crippen molar-refractivity contribution in [1.29, 1.82) is 0 Å². The number of aromatic nitrogens is 5. The molecule has 0 unspecified atom stereocenters. The van der Waals surface area contributed by atoms with Gasteiger partial charge in [-0.1, -0.05) is 18.2 Å². The number of nitrogens with zero attached hydrogens (tertiary/aromatic N) is 5. The SMILES string of the molecule is COC(=O)Nc1c(C)nc(-c2nn(Cc3ccccc3F)c3ncccc23)nc1N.O=CO. The third-order valence-corrected chi connectivity index (χ3v) is 4.53. The average Bonchev–Trinajstić information content (AvgIpc) is 3.16. The van der Waals surface area contributed by atoms with Gasteiger partial charge in [0, 0.05) is 11.8 Å². The first-order chi connectivity index (χ1) is 15.9. The Morgan fingerprint density at radius 3 is 2.67 bits per heavy atom. The lowest BCUT2D eigenvalue weighted by Crippen LogP contribution is -2.15. The summed E-state index contributed by atoms with van der Waals surface area (Å²) >= 11 is 0. The van der Waals surface area contributed by atoms with Crippen LogP contribution in [0.5, 0.6) is 0 Å². The van der Waals surface area contributed by atoms with Crippen LogP contribution >= 0.6 is 0 Å². The molecule has 0 saturated carbocycles. The standard InChI is InChI=1S/C20H18FN7O2.CH2O2/c1-11-15(25-20(29)30-2)17(22)26-18(24-11)16-13-7-5-9-23-19(13)28(27-16)10-12-6-3-4-8-14(12)21;2-1-3/h3-9H,10H2,1-2H3,(H,25,29)(H2,22,24,26);1H,(H,2,3). The number of ether oxygens (including phenoxy) is 1. The Labute approximate surface area is 187 Å². The van der Waals surface area contributed by atoms with E-state index in [9.17, 15) is 9.18 Å². The maximum atomic E-state index is 14.1. The van der Waals surface area contributed by atoms with Gasteiger partial charge in [-0.3, -0.25) is 10.1 Å². The summed E-state index contributed by atoms with van der Waals surface area (Å²) in [4.78, 5) is 33.0. The van der Waals surface area contributed by atoms with Crippen LogP contribution < -0.4 is 11.1 Å². The lowest BCUT2D eigenvalue weighted by molar-refractivity contribution is -0.122. The molecule has 0 fully saturated rings. The Morgan fingerprint density at radius 1 is 1.27 bits per heavy atom. The zero-order valence-corrected chi connectivity index (χ0v) is 17.7. The maximum absolute atomic E-state index is 14.1. The molecule has 170 valence electrons. The fourth-order valence-electron chi connectivity index (χ4n) is 3.08. The minimum atomic E-state index is -0.676. The highest BCUT2D eigenvalue weighted by molar-refractivity contribution is 5.92. The van der Waals surface area contributed by atoms with Crippen molar-refractivity contribution in [2.75, 3.05) is 18.2 Å². The lowest BCUT2D eigenvalue weighted by atomic mass is 10.2. The molecule has 0 radical (unpaired) electrons. The number of hydrogen-bond acceptors (Lipinski definition) is 8. The average molecular weight is 453 g/mol. The first-order valence-electron chi connectivity index (χ1n) is 9.51.